The second-order valence-corrected chi connectivity index (χ2v) is 12.9. The minimum Gasteiger partial charge on any atom is -0.478 e. The fourth-order valence-corrected chi connectivity index (χ4v) is 6.54. The van der Waals surface area contributed by atoms with Crippen molar-refractivity contribution in [1.82, 2.24) is 19.5 Å². The van der Waals surface area contributed by atoms with Gasteiger partial charge in [0.05, 0.1) is 16.0 Å². The largest absolute Gasteiger partial charge is 0.478 e. The highest BCUT2D eigenvalue weighted by Crippen LogP contribution is 2.39. The first-order valence-electron chi connectivity index (χ1n) is 13.3. The fourth-order valence-electron chi connectivity index (χ4n) is 5.51. The molecule has 2 heterocycles. The smallest absolute Gasteiger partial charge is 0.335 e. The third kappa shape index (κ3) is 5.10. The number of fused-ring (bicyclic) bond motifs is 3. The van der Waals surface area contributed by atoms with Gasteiger partial charge in [-0.1, -0.05) is 23.7 Å². The number of aromatic carboxylic acids is 1. The number of hydrogen-bond donors (Lipinski definition) is 3. The normalized spacial score (nSPS) is 15.8. The van der Waals surface area contributed by atoms with E-state index in [4.69, 9.17) is 11.6 Å². The van der Waals surface area contributed by atoms with Gasteiger partial charge in [0.1, 0.15) is 5.69 Å². The van der Waals surface area contributed by atoms with Crippen LogP contribution < -0.4 is 10.0 Å². The molecule has 12 heteroatoms. The first-order valence-corrected chi connectivity index (χ1v) is 15.2. The molecule has 0 spiro atoms. The SMILES string of the molecule is CN1CCc2c(n(-c3ccc(CC4(NC(=O)NS(=O)(=O)c5ccc(Cl)cc5)CC4)cc3)c3ccc(C(=O)O)cc23)C1=O. The van der Waals surface area contributed by atoms with E-state index in [9.17, 15) is 27.9 Å². The van der Waals surface area contributed by atoms with Crippen molar-refractivity contribution in [2.75, 3.05) is 13.6 Å². The maximum absolute atomic E-state index is 13.3. The van der Waals surface area contributed by atoms with Crippen LogP contribution in [0.2, 0.25) is 5.02 Å². The molecule has 0 bridgehead atoms. The van der Waals surface area contributed by atoms with Crippen LogP contribution in [0.25, 0.3) is 16.6 Å². The van der Waals surface area contributed by atoms with Gasteiger partial charge in [-0.2, -0.15) is 0 Å². The summed E-state index contributed by atoms with van der Waals surface area (Å²) in [6.07, 6.45) is 2.51. The number of likely N-dealkylation sites (N-methyl/N-ethyl adjacent to an activating group) is 1. The molecule has 1 aromatic heterocycles. The molecule has 216 valence electrons. The highest BCUT2D eigenvalue weighted by atomic mass is 35.5. The summed E-state index contributed by atoms with van der Waals surface area (Å²) in [4.78, 5) is 39.1. The molecule has 1 fully saturated rings. The van der Waals surface area contributed by atoms with Gasteiger partial charge in [-0.15, -0.1) is 0 Å². The van der Waals surface area contributed by atoms with Gasteiger partial charge in [0.2, 0.25) is 0 Å². The molecule has 2 aliphatic rings. The Kier molecular flexibility index (Phi) is 6.74. The van der Waals surface area contributed by atoms with E-state index in [0.717, 1.165) is 27.7 Å². The van der Waals surface area contributed by atoms with Crippen molar-refractivity contribution in [3.8, 4) is 5.69 Å². The topological polar surface area (TPSA) is 138 Å². The Bertz CT molecular complexity index is 1860. The summed E-state index contributed by atoms with van der Waals surface area (Å²) in [5.41, 5.74) is 3.39. The molecule has 3 N–H and O–H groups in total. The van der Waals surface area contributed by atoms with E-state index in [1.165, 1.54) is 30.3 Å². The van der Waals surface area contributed by atoms with E-state index in [-0.39, 0.29) is 16.4 Å². The van der Waals surface area contributed by atoms with Crippen LogP contribution in [0.4, 0.5) is 4.79 Å². The van der Waals surface area contributed by atoms with Gasteiger partial charge < -0.3 is 19.9 Å². The lowest BCUT2D eigenvalue weighted by Crippen LogP contribution is -2.46. The Morgan fingerprint density at radius 2 is 1.71 bits per heavy atom. The number of rotatable bonds is 7. The summed E-state index contributed by atoms with van der Waals surface area (Å²) in [6.45, 7) is 0.546. The zero-order valence-corrected chi connectivity index (χ0v) is 24.1. The Morgan fingerprint density at radius 3 is 2.36 bits per heavy atom. The molecule has 0 saturated heterocycles. The minimum absolute atomic E-state index is 0.0638. The first-order chi connectivity index (χ1) is 20.0. The molecule has 1 aliphatic carbocycles. The minimum atomic E-state index is -4.05. The van der Waals surface area contributed by atoms with Gasteiger partial charge in [-0.05, 0) is 91.4 Å². The van der Waals surface area contributed by atoms with E-state index in [2.05, 4.69) is 10.0 Å². The second kappa shape index (κ2) is 10.2. The van der Waals surface area contributed by atoms with Crippen molar-refractivity contribution < 1.29 is 27.9 Å². The lowest BCUT2D eigenvalue weighted by atomic mass is 10.0. The zero-order valence-electron chi connectivity index (χ0n) is 22.6. The molecule has 3 aromatic carbocycles. The fraction of sp³-hybridized carbons (Fsp3) is 0.233. The van der Waals surface area contributed by atoms with Gasteiger partial charge in [-0.3, -0.25) is 4.79 Å². The van der Waals surface area contributed by atoms with Crippen LogP contribution in [0.15, 0.2) is 71.6 Å². The molecule has 0 unspecified atom stereocenters. The summed E-state index contributed by atoms with van der Waals surface area (Å²) in [5, 5.41) is 13.5. The molecule has 42 heavy (non-hydrogen) atoms. The number of benzene rings is 3. The molecular weight excluding hydrogens is 580 g/mol. The molecule has 3 amide bonds. The number of hydrogen-bond acceptors (Lipinski definition) is 5. The number of carboxylic acids is 1. The van der Waals surface area contributed by atoms with E-state index < -0.39 is 27.6 Å². The van der Waals surface area contributed by atoms with Crippen molar-refractivity contribution in [2.45, 2.75) is 36.1 Å². The number of urea groups is 1. The van der Waals surface area contributed by atoms with Gasteiger partial charge in [0.25, 0.3) is 15.9 Å². The van der Waals surface area contributed by atoms with Crippen molar-refractivity contribution >= 4 is 50.4 Å². The van der Waals surface area contributed by atoms with Crippen LogP contribution in [0.5, 0.6) is 0 Å². The lowest BCUT2D eigenvalue weighted by Gasteiger charge is -2.24. The number of carboxylic acid groups (broad SMARTS) is 1. The second-order valence-electron chi connectivity index (χ2n) is 10.8. The molecule has 1 saturated carbocycles. The number of nitrogens with one attached hydrogen (secondary N) is 2. The molecule has 0 radical (unpaired) electrons. The summed E-state index contributed by atoms with van der Waals surface area (Å²) in [7, 11) is -2.31. The van der Waals surface area contributed by atoms with E-state index >= 15 is 0 Å². The zero-order chi connectivity index (χ0) is 29.8. The van der Waals surface area contributed by atoms with Crippen LogP contribution in [-0.2, 0) is 22.9 Å². The maximum Gasteiger partial charge on any atom is 0.335 e. The average Bonchev–Trinajstić information content (AvgIpc) is 3.61. The number of halogens is 1. The number of nitrogens with zero attached hydrogens (tertiary/aromatic N) is 2. The van der Waals surface area contributed by atoms with E-state index in [1.54, 1.807) is 24.1 Å². The Hall–Kier alpha value is -4.35. The Morgan fingerprint density at radius 1 is 1.02 bits per heavy atom. The van der Waals surface area contributed by atoms with Gasteiger partial charge >= 0.3 is 12.0 Å². The lowest BCUT2D eigenvalue weighted by molar-refractivity contribution is 0.0696. The van der Waals surface area contributed by atoms with Crippen LogP contribution in [0.1, 0.15) is 44.8 Å². The van der Waals surface area contributed by atoms with Crippen LogP contribution >= 0.6 is 11.6 Å². The molecule has 1 aliphatic heterocycles. The summed E-state index contributed by atoms with van der Waals surface area (Å²) < 4.78 is 29.1. The highest BCUT2D eigenvalue weighted by molar-refractivity contribution is 7.90. The number of sulfonamides is 1. The quantitative estimate of drug-likeness (QED) is 0.286. The third-order valence-corrected chi connectivity index (χ3v) is 9.48. The average molecular weight is 607 g/mol. The van der Waals surface area contributed by atoms with Crippen molar-refractivity contribution in [2.24, 2.45) is 0 Å². The summed E-state index contributed by atoms with van der Waals surface area (Å²) in [5.74, 6) is -1.16. The van der Waals surface area contributed by atoms with Crippen molar-refractivity contribution in [3.05, 3.63) is 94.1 Å². The van der Waals surface area contributed by atoms with E-state index in [1.807, 2.05) is 28.8 Å². The van der Waals surface area contributed by atoms with Crippen molar-refractivity contribution in [3.63, 3.8) is 0 Å². The first kappa shape index (κ1) is 27.8. The Balaban J connectivity index is 1.23. The van der Waals surface area contributed by atoms with Crippen LogP contribution in [-0.4, -0.2) is 60.0 Å². The molecule has 10 nitrogen and oxygen atoms in total. The van der Waals surface area contributed by atoms with Gasteiger partial charge in [0, 0.05) is 35.2 Å². The number of carbonyl (C=O) groups is 3. The summed E-state index contributed by atoms with van der Waals surface area (Å²) in [6, 6.07) is 17.2. The predicted molar refractivity (Wildman–Crippen MR) is 157 cm³/mol. The van der Waals surface area contributed by atoms with Crippen LogP contribution in [0, 0.1) is 0 Å². The molecule has 4 aromatic rings. The summed E-state index contributed by atoms with van der Waals surface area (Å²) >= 11 is 5.83. The molecule has 0 atom stereocenters. The number of aromatic nitrogens is 1. The van der Waals surface area contributed by atoms with Crippen LogP contribution in [0.3, 0.4) is 0 Å². The Labute approximate surface area is 246 Å². The monoisotopic (exact) mass is 606 g/mol. The third-order valence-electron chi connectivity index (χ3n) is 7.89. The molecule has 6 rings (SSSR count). The highest BCUT2D eigenvalue weighted by Gasteiger charge is 2.44. The molecular formula is C30H27ClN4O6S. The van der Waals surface area contributed by atoms with Gasteiger partial charge in [-0.25, -0.2) is 22.7 Å². The standard InChI is InChI=1S/C30H27ClN4O6S/c1-34-15-12-23-24-16-19(28(37)38)4-11-25(24)35(26(23)27(34)36)21-7-2-18(3-8-21)17-30(13-14-30)32-29(39)33-42(40,41)22-9-5-20(31)6-10-22/h2-11,16H,12-15,17H2,1H3,(H,37,38)(H2,32,33,39). The predicted octanol–water partition coefficient (Wildman–Crippen LogP) is 4.37. The number of amides is 3. The maximum atomic E-state index is 13.3. The number of carbonyl (C=O) groups excluding carboxylic acids is 2. The van der Waals surface area contributed by atoms with Crippen molar-refractivity contribution in [1.29, 1.82) is 0 Å². The van der Waals surface area contributed by atoms with E-state index in [0.29, 0.717) is 42.9 Å². The van der Waals surface area contributed by atoms with Gasteiger partial charge in [0.15, 0.2) is 0 Å².